The zero-order valence-electron chi connectivity index (χ0n) is 11.8. The van der Waals surface area contributed by atoms with Crippen LogP contribution < -0.4 is 5.32 Å². The molecule has 0 aliphatic carbocycles. The molecule has 0 aromatic heterocycles. The molecule has 0 radical (unpaired) electrons. The summed E-state index contributed by atoms with van der Waals surface area (Å²) in [6.45, 7) is 5.73. The average molecular weight is 296 g/mol. The van der Waals surface area contributed by atoms with Gasteiger partial charge in [0.15, 0.2) is 0 Å². The first-order valence-corrected chi connectivity index (χ1v) is 6.57. The largest absolute Gasteiger partial charge is 0.444 e. The van der Waals surface area contributed by atoms with Crippen molar-refractivity contribution in [1.29, 1.82) is 0 Å². The maximum atomic E-state index is 11.4. The van der Waals surface area contributed by atoms with E-state index < -0.39 is 11.7 Å². The van der Waals surface area contributed by atoms with E-state index in [1.165, 1.54) is 0 Å². The van der Waals surface area contributed by atoms with Crippen LogP contribution in [0.15, 0.2) is 24.3 Å². The fraction of sp³-hybridized carbons (Fsp3) is 0.333. The van der Waals surface area contributed by atoms with Crippen molar-refractivity contribution in [3.05, 3.63) is 40.4 Å². The van der Waals surface area contributed by atoms with Crippen molar-refractivity contribution >= 4 is 30.1 Å². The van der Waals surface area contributed by atoms with Gasteiger partial charge in [-0.25, -0.2) is 4.79 Å². The molecule has 108 valence electrons. The van der Waals surface area contributed by atoms with Gasteiger partial charge in [0, 0.05) is 17.1 Å². The van der Waals surface area contributed by atoms with Crippen LogP contribution in [0.1, 0.15) is 36.7 Å². The molecule has 0 saturated carbocycles. The molecule has 1 amide bonds. The highest BCUT2D eigenvalue weighted by atomic mass is 35.5. The summed E-state index contributed by atoms with van der Waals surface area (Å²) in [5, 5.41) is 3.10. The highest BCUT2D eigenvalue weighted by Crippen LogP contribution is 2.15. The lowest BCUT2D eigenvalue weighted by Gasteiger charge is -2.19. The van der Waals surface area contributed by atoms with E-state index in [1.807, 2.05) is 0 Å². The van der Waals surface area contributed by atoms with Gasteiger partial charge in [-0.15, -0.1) is 0 Å². The summed E-state index contributed by atoms with van der Waals surface area (Å²) >= 11 is 5.88. The van der Waals surface area contributed by atoms with Crippen LogP contribution in [-0.4, -0.2) is 24.5 Å². The number of rotatable bonds is 4. The SMILES string of the molecule is CC(C)(C)OC(=O)NCC=Cc1cc(Cl)cc(C=O)c1. The number of halogens is 1. The van der Waals surface area contributed by atoms with Crippen molar-refractivity contribution in [3.8, 4) is 0 Å². The first-order chi connectivity index (χ1) is 9.30. The molecule has 1 rings (SSSR count). The second-order valence-electron chi connectivity index (χ2n) is 5.22. The molecule has 5 heteroatoms. The third kappa shape index (κ3) is 6.38. The van der Waals surface area contributed by atoms with Crippen LogP contribution in [0.5, 0.6) is 0 Å². The fourth-order valence-electron chi connectivity index (χ4n) is 1.45. The van der Waals surface area contributed by atoms with E-state index in [-0.39, 0.29) is 0 Å². The van der Waals surface area contributed by atoms with Gasteiger partial charge >= 0.3 is 6.09 Å². The van der Waals surface area contributed by atoms with Gasteiger partial charge in [-0.1, -0.05) is 23.8 Å². The third-order valence-corrected chi connectivity index (χ3v) is 2.37. The number of carbonyl (C=O) groups is 2. The van der Waals surface area contributed by atoms with Gasteiger partial charge in [0.2, 0.25) is 0 Å². The van der Waals surface area contributed by atoms with Crippen LogP contribution in [0.25, 0.3) is 6.08 Å². The minimum atomic E-state index is -0.514. The number of carbonyl (C=O) groups excluding carboxylic acids is 2. The van der Waals surface area contributed by atoms with Gasteiger partial charge in [-0.2, -0.15) is 0 Å². The number of hydrogen-bond donors (Lipinski definition) is 1. The molecule has 1 N–H and O–H groups in total. The molecule has 0 fully saturated rings. The summed E-state index contributed by atoms with van der Waals surface area (Å²) in [5.41, 5.74) is 0.794. The van der Waals surface area contributed by atoms with E-state index in [9.17, 15) is 9.59 Å². The smallest absolute Gasteiger partial charge is 0.407 e. The summed E-state index contributed by atoms with van der Waals surface area (Å²) in [4.78, 5) is 22.1. The van der Waals surface area contributed by atoms with E-state index in [4.69, 9.17) is 16.3 Å². The average Bonchev–Trinajstić information content (AvgIpc) is 2.32. The van der Waals surface area contributed by atoms with Gasteiger partial charge in [0.1, 0.15) is 11.9 Å². The Bertz CT molecular complexity index is 518. The molecular formula is C15H18ClNO3. The van der Waals surface area contributed by atoms with Crippen molar-refractivity contribution in [3.63, 3.8) is 0 Å². The van der Waals surface area contributed by atoms with E-state index >= 15 is 0 Å². The lowest BCUT2D eigenvalue weighted by molar-refractivity contribution is 0.0534. The Hall–Kier alpha value is -1.81. The molecular weight excluding hydrogens is 278 g/mol. The number of hydrogen-bond acceptors (Lipinski definition) is 3. The van der Waals surface area contributed by atoms with Crippen molar-refractivity contribution < 1.29 is 14.3 Å². The van der Waals surface area contributed by atoms with Crippen molar-refractivity contribution in [2.24, 2.45) is 0 Å². The Morgan fingerprint density at radius 2 is 1.95 bits per heavy atom. The number of aldehydes is 1. The Morgan fingerprint density at radius 1 is 1.30 bits per heavy atom. The maximum Gasteiger partial charge on any atom is 0.407 e. The van der Waals surface area contributed by atoms with Crippen molar-refractivity contribution in [1.82, 2.24) is 5.32 Å². The zero-order chi connectivity index (χ0) is 15.2. The van der Waals surface area contributed by atoms with Crippen molar-refractivity contribution in [2.75, 3.05) is 6.54 Å². The van der Waals surface area contributed by atoms with Crippen LogP contribution >= 0.6 is 11.6 Å². The first-order valence-electron chi connectivity index (χ1n) is 6.19. The van der Waals surface area contributed by atoms with Gasteiger partial charge in [0.05, 0.1) is 0 Å². The highest BCUT2D eigenvalue weighted by Gasteiger charge is 2.14. The third-order valence-electron chi connectivity index (χ3n) is 2.15. The highest BCUT2D eigenvalue weighted by molar-refractivity contribution is 6.31. The van der Waals surface area contributed by atoms with Gasteiger partial charge in [-0.05, 0) is 44.5 Å². The van der Waals surface area contributed by atoms with E-state index in [2.05, 4.69) is 5.32 Å². The van der Waals surface area contributed by atoms with Gasteiger partial charge < -0.3 is 10.1 Å². The molecule has 0 aliphatic heterocycles. The van der Waals surface area contributed by atoms with E-state index in [0.717, 1.165) is 11.8 Å². The van der Waals surface area contributed by atoms with Crippen LogP contribution in [0.3, 0.4) is 0 Å². The Labute approximate surface area is 123 Å². The summed E-state index contributed by atoms with van der Waals surface area (Å²) in [6, 6.07) is 5.03. The Morgan fingerprint density at radius 3 is 2.55 bits per heavy atom. The normalized spacial score (nSPS) is 11.4. The molecule has 0 saturated heterocycles. The first kappa shape index (κ1) is 16.2. The molecule has 0 heterocycles. The number of ether oxygens (including phenoxy) is 1. The number of benzene rings is 1. The summed E-state index contributed by atoms with van der Waals surface area (Å²) in [6.07, 6.45) is 3.80. The van der Waals surface area contributed by atoms with Crippen LogP contribution in [-0.2, 0) is 4.74 Å². The lowest BCUT2D eigenvalue weighted by Crippen LogP contribution is -2.32. The maximum absolute atomic E-state index is 11.4. The molecule has 4 nitrogen and oxygen atoms in total. The number of nitrogens with one attached hydrogen (secondary N) is 1. The van der Waals surface area contributed by atoms with Crippen LogP contribution in [0.4, 0.5) is 4.79 Å². The molecule has 20 heavy (non-hydrogen) atoms. The summed E-state index contributed by atoms with van der Waals surface area (Å²) in [7, 11) is 0. The molecule has 0 atom stereocenters. The summed E-state index contributed by atoms with van der Waals surface area (Å²) in [5.74, 6) is 0. The topological polar surface area (TPSA) is 55.4 Å². The zero-order valence-corrected chi connectivity index (χ0v) is 12.5. The predicted molar refractivity (Wildman–Crippen MR) is 80.1 cm³/mol. The lowest BCUT2D eigenvalue weighted by atomic mass is 10.1. The van der Waals surface area contributed by atoms with Gasteiger partial charge in [0.25, 0.3) is 0 Å². The monoisotopic (exact) mass is 295 g/mol. The second kappa shape index (κ2) is 7.10. The number of alkyl carbamates (subject to hydrolysis) is 1. The molecule has 1 aromatic rings. The van der Waals surface area contributed by atoms with Crippen LogP contribution in [0, 0.1) is 0 Å². The predicted octanol–water partition coefficient (Wildman–Crippen LogP) is 3.69. The van der Waals surface area contributed by atoms with E-state index in [1.54, 1.807) is 51.1 Å². The van der Waals surface area contributed by atoms with Crippen molar-refractivity contribution in [2.45, 2.75) is 26.4 Å². The summed E-state index contributed by atoms with van der Waals surface area (Å²) < 4.78 is 5.09. The Balaban J connectivity index is 2.51. The standard InChI is InChI=1S/C15H18ClNO3/c1-15(2,3)20-14(19)17-6-4-5-11-7-12(10-18)9-13(16)8-11/h4-5,7-10H,6H2,1-3H3,(H,17,19). The van der Waals surface area contributed by atoms with Crippen LogP contribution in [0.2, 0.25) is 5.02 Å². The molecule has 0 aliphatic rings. The molecule has 0 unspecified atom stereocenters. The van der Waals surface area contributed by atoms with E-state index in [0.29, 0.717) is 17.1 Å². The molecule has 1 aromatic carbocycles. The minimum absolute atomic E-state index is 0.331. The minimum Gasteiger partial charge on any atom is -0.444 e. The van der Waals surface area contributed by atoms with Gasteiger partial charge in [-0.3, -0.25) is 4.79 Å². The molecule has 0 spiro atoms. The second-order valence-corrected chi connectivity index (χ2v) is 5.66. The molecule has 0 bridgehead atoms. The quantitative estimate of drug-likeness (QED) is 0.862. The fourth-order valence-corrected chi connectivity index (χ4v) is 1.70. The Kier molecular flexibility index (Phi) is 5.77. The number of amides is 1.